The molecule has 1 aromatic carbocycles. The molecule has 14 heavy (non-hydrogen) atoms. The number of nitrogen functional groups attached to an aromatic ring is 1. The maximum Gasteiger partial charge on any atom is 0.234 e. The molecule has 0 spiro atoms. The van der Waals surface area contributed by atoms with E-state index >= 15 is 0 Å². The fourth-order valence-electron chi connectivity index (χ4n) is 0.950. The van der Waals surface area contributed by atoms with Crippen molar-refractivity contribution in [2.75, 3.05) is 23.1 Å². The topological polar surface area (TPSA) is 55.1 Å². The van der Waals surface area contributed by atoms with E-state index in [2.05, 4.69) is 5.32 Å². The molecule has 0 heterocycles. The number of carbonyl (C=O) groups is 1. The Morgan fingerprint density at radius 1 is 1.64 bits per heavy atom. The van der Waals surface area contributed by atoms with Gasteiger partial charge in [-0.1, -0.05) is 0 Å². The van der Waals surface area contributed by atoms with Crippen LogP contribution in [0, 0.1) is 5.82 Å². The molecule has 0 bridgehead atoms. The third-order valence-electron chi connectivity index (χ3n) is 1.54. The number of rotatable bonds is 3. The molecular weight excluding hydrogens is 203 g/mol. The molecule has 3 nitrogen and oxygen atoms in total. The van der Waals surface area contributed by atoms with E-state index in [4.69, 9.17) is 5.73 Å². The van der Waals surface area contributed by atoms with Gasteiger partial charge in [-0.2, -0.15) is 11.8 Å². The van der Waals surface area contributed by atoms with Gasteiger partial charge in [0.05, 0.1) is 11.4 Å². The number of amides is 1. The van der Waals surface area contributed by atoms with Crippen LogP contribution in [0.5, 0.6) is 0 Å². The van der Waals surface area contributed by atoms with E-state index in [9.17, 15) is 9.18 Å². The maximum atomic E-state index is 13.1. The minimum absolute atomic E-state index is 0.165. The molecule has 1 rings (SSSR count). The second kappa shape index (κ2) is 4.85. The van der Waals surface area contributed by atoms with Gasteiger partial charge in [-0.25, -0.2) is 4.39 Å². The summed E-state index contributed by atoms with van der Waals surface area (Å²) in [5, 5.41) is 2.45. The van der Waals surface area contributed by atoms with Crippen LogP contribution in [-0.4, -0.2) is 17.9 Å². The molecule has 0 saturated heterocycles. The Hall–Kier alpha value is -1.23. The normalized spacial score (nSPS) is 9.86. The number of nitrogens with one attached hydrogen (secondary N) is 1. The molecular formula is C9H11FN2OS. The number of nitrogens with two attached hydrogens (primary N) is 1. The van der Waals surface area contributed by atoms with E-state index in [1.165, 1.54) is 30.0 Å². The molecule has 0 unspecified atom stereocenters. The Morgan fingerprint density at radius 2 is 2.36 bits per heavy atom. The van der Waals surface area contributed by atoms with Gasteiger partial charge < -0.3 is 11.1 Å². The first-order valence-electron chi connectivity index (χ1n) is 3.97. The van der Waals surface area contributed by atoms with Gasteiger partial charge in [0.1, 0.15) is 5.82 Å². The highest BCUT2D eigenvalue weighted by molar-refractivity contribution is 7.99. The van der Waals surface area contributed by atoms with Gasteiger partial charge in [-0.15, -0.1) is 0 Å². The summed E-state index contributed by atoms with van der Waals surface area (Å²) >= 11 is 1.38. The van der Waals surface area contributed by atoms with Gasteiger partial charge in [-0.3, -0.25) is 4.79 Å². The van der Waals surface area contributed by atoms with Crippen LogP contribution in [-0.2, 0) is 4.79 Å². The summed E-state index contributed by atoms with van der Waals surface area (Å²) in [6, 6.07) is 4.16. The van der Waals surface area contributed by atoms with Crippen molar-refractivity contribution in [3.8, 4) is 0 Å². The van der Waals surface area contributed by atoms with Gasteiger partial charge in [0.2, 0.25) is 5.91 Å². The SMILES string of the molecule is CSCC(=O)Nc1ccc(N)cc1F. The minimum atomic E-state index is -0.514. The third kappa shape index (κ3) is 2.92. The fraction of sp³-hybridized carbons (Fsp3) is 0.222. The minimum Gasteiger partial charge on any atom is -0.399 e. The van der Waals surface area contributed by atoms with Gasteiger partial charge >= 0.3 is 0 Å². The van der Waals surface area contributed by atoms with Gasteiger partial charge in [-0.05, 0) is 24.5 Å². The Morgan fingerprint density at radius 3 is 2.93 bits per heavy atom. The molecule has 1 aromatic rings. The van der Waals surface area contributed by atoms with E-state index in [-0.39, 0.29) is 11.6 Å². The Bertz CT molecular complexity index is 344. The van der Waals surface area contributed by atoms with Gasteiger partial charge in [0.15, 0.2) is 0 Å². The lowest BCUT2D eigenvalue weighted by atomic mass is 10.2. The van der Waals surface area contributed by atoms with E-state index in [0.717, 1.165) is 0 Å². The average Bonchev–Trinajstić information content (AvgIpc) is 2.10. The van der Waals surface area contributed by atoms with Crippen molar-refractivity contribution in [1.82, 2.24) is 0 Å². The zero-order valence-corrected chi connectivity index (χ0v) is 8.53. The largest absolute Gasteiger partial charge is 0.399 e. The van der Waals surface area contributed by atoms with Crippen LogP contribution < -0.4 is 11.1 Å². The van der Waals surface area contributed by atoms with Crippen LogP contribution in [0.4, 0.5) is 15.8 Å². The molecule has 0 saturated carbocycles. The molecule has 0 aliphatic rings. The van der Waals surface area contributed by atoms with Crippen molar-refractivity contribution in [3.63, 3.8) is 0 Å². The van der Waals surface area contributed by atoms with E-state index < -0.39 is 5.82 Å². The zero-order valence-electron chi connectivity index (χ0n) is 7.71. The molecule has 0 fully saturated rings. The van der Waals surface area contributed by atoms with Crippen LogP contribution >= 0.6 is 11.8 Å². The second-order valence-corrected chi connectivity index (χ2v) is 3.59. The van der Waals surface area contributed by atoms with Crippen molar-refractivity contribution in [1.29, 1.82) is 0 Å². The van der Waals surface area contributed by atoms with Crippen LogP contribution in [0.15, 0.2) is 18.2 Å². The summed E-state index contributed by atoms with van der Waals surface area (Å²) in [4.78, 5) is 11.1. The summed E-state index contributed by atoms with van der Waals surface area (Å²) in [6.45, 7) is 0. The zero-order chi connectivity index (χ0) is 10.6. The molecule has 0 aromatic heterocycles. The number of halogens is 1. The molecule has 0 radical (unpaired) electrons. The highest BCUT2D eigenvalue weighted by atomic mass is 32.2. The van der Waals surface area contributed by atoms with Crippen LogP contribution in [0.25, 0.3) is 0 Å². The standard InChI is InChI=1S/C9H11FN2OS/c1-14-5-9(13)12-8-3-2-6(11)4-7(8)10/h2-4H,5,11H2,1H3,(H,12,13). The highest BCUT2D eigenvalue weighted by Crippen LogP contribution is 2.16. The molecule has 0 aliphatic carbocycles. The summed E-state index contributed by atoms with van der Waals surface area (Å²) in [5.41, 5.74) is 5.86. The summed E-state index contributed by atoms with van der Waals surface area (Å²) < 4.78 is 13.1. The predicted octanol–water partition coefficient (Wildman–Crippen LogP) is 1.71. The molecule has 5 heteroatoms. The summed E-state index contributed by atoms with van der Waals surface area (Å²) in [7, 11) is 0. The Balaban J connectivity index is 2.72. The van der Waals surface area contributed by atoms with E-state index in [1.807, 2.05) is 0 Å². The van der Waals surface area contributed by atoms with Crippen LogP contribution in [0.1, 0.15) is 0 Å². The van der Waals surface area contributed by atoms with Crippen LogP contribution in [0.3, 0.4) is 0 Å². The lowest BCUT2D eigenvalue weighted by Crippen LogP contribution is -2.14. The smallest absolute Gasteiger partial charge is 0.234 e. The van der Waals surface area contributed by atoms with Crippen molar-refractivity contribution < 1.29 is 9.18 Å². The van der Waals surface area contributed by atoms with Gasteiger partial charge in [0, 0.05) is 5.69 Å². The number of hydrogen-bond acceptors (Lipinski definition) is 3. The number of hydrogen-bond donors (Lipinski definition) is 2. The number of carbonyl (C=O) groups excluding carboxylic acids is 1. The fourth-order valence-corrected chi connectivity index (χ4v) is 1.28. The van der Waals surface area contributed by atoms with Crippen LogP contribution in [0.2, 0.25) is 0 Å². The molecule has 3 N–H and O–H groups in total. The van der Waals surface area contributed by atoms with Gasteiger partial charge in [0.25, 0.3) is 0 Å². The number of benzene rings is 1. The van der Waals surface area contributed by atoms with Crippen molar-refractivity contribution in [2.24, 2.45) is 0 Å². The first-order valence-corrected chi connectivity index (χ1v) is 5.36. The molecule has 1 amide bonds. The lowest BCUT2D eigenvalue weighted by Gasteiger charge is -2.05. The highest BCUT2D eigenvalue weighted by Gasteiger charge is 2.05. The molecule has 0 aliphatic heterocycles. The van der Waals surface area contributed by atoms with Crippen molar-refractivity contribution in [2.45, 2.75) is 0 Å². The second-order valence-electron chi connectivity index (χ2n) is 2.72. The van der Waals surface area contributed by atoms with E-state index in [0.29, 0.717) is 11.4 Å². The predicted molar refractivity (Wildman–Crippen MR) is 57.8 cm³/mol. The average molecular weight is 214 g/mol. The van der Waals surface area contributed by atoms with Crippen molar-refractivity contribution >= 4 is 29.0 Å². The first kappa shape index (κ1) is 10.8. The Labute approximate surface area is 85.9 Å². The first-order chi connectivity index (χ1) is 6.63. The number of thioether (sulfide) groups is 1. The molecule has 0 atom stereocenters. The lowest BCUT2D eigenvalue weighted by molar-refractivity contribution is -0.113. The third-order valence-corrected chi connectivity index (χ3v) is 2.09. The maximum absolute atomic E-state index is 13.1. The van der Waals surface area contributed by atoms with E-state index in [1.54, 1.807) is 6.26 Å². The summed E-state index contributed by atoms with van der Waals surface area (Å²) in [5.74, 6) is -0.426. The van der Waals surface area contributed by atoms with Crippen molar-refractivity contribution in [3.05, 3.63) is 24.0 Å². The summed E-state index contributed by atoms with van der Waals surface area (Å²) in [6.07, 6.45) is 1.80. The number of anilines is 2. The quantitative estimate of drug-likeness (QED) is 0.753. The molecule has 76 valence electrons. The monoisotopic (exact) mass is 214 g/mol. The Kier molecular flexibility index (Phi) is 3.76.